The largest absolute Gasteiger partial charge is 0.294 e. The summed E-state index contributed by atoms with van der Waals surface area (Å²) in [5.41, 5.74) is 10.2. The van der Waals surface area contributed by atoms with Crippen molar-refractivity contribution in [1.82, 2.24) is 0 Å². The fraction of sp³-hybridized carbons (Fsp3) is 0.200. The first kappa shape index (κ1) is 16.2. The van der Waals surface area contributed by atoms with E-state index in [0.29, 0.717) is 11.1 Å². The molecule has 0 amide bonds. The van der Waals surface area contributed by atoms with Crippen LogP contribution in [-0.2, 0) is 22.4 Å². The van der Waals surface area contributed by atoms with Crippen LogP contribution >= 0.6 is 0 Å². The molecular weight excluding hydrogens is 332 g/mol. The summed E-state index contributed by atoms with van der Waals surface area (Å²) in [6.45, 7) is 4.16. The van der Waals surface area contributed by atoms with Gasteiger partial charge in [0.1, 0.15) is 0 Å². The number of hydrogen-bond acceptors (Lipinski definition) is 2. The van der Waals surface area contributed by atoms with Crippen LogP contribution in [-0.4, -0.2) is 11.6 Å². The van der Waals surface area contributed by atoms with Gasteiger partial charge in [0.25, 0.3) is 0 Å². The van der Waals surface area contributed by atoms with Gasteiger partial charge in [-0.2, -0.15) is 0 Å². The molecule has 132 valence electrons. The number of hydrogen-bond donors (Lipinski definition) is 0. The molecule has 5 rings (SSSR count). The van der Waals surface area contributed by atoms with Crippen LogP contribution in [0.3, 0.4) is 0 Å². The molecule has 0 N–H and O–H groups in total. The van der Waals surface area contributed by atoms with Crippen LogP contribution in [0.2, 0.25) is 0 Å². The van der Waals surface area contributed by atoms with Gasteiger partial charge < -0.3 is 0 Å². The maximum atomic E-state index is 12.8. The van der Waals surface area contributed by atoms with Crippen molar-refractivity contribution in [3.8, 4) is 0 Å². The van der Waals surface area contributed by atoms with Crippen molar-refractivity contribution in [1.29, 1.82) is 0 Å². The van der Waals surface area contributed by atoms with E-state index in [0.717, 1.165) is 35.1 Å². The lowest BCUT2D eigenvalue weighted by Gasteiger charge is -2.12. The molecule has 2 aromatic carbocycles. The summed E-state index contributed by atoms with van der Waals surface area (Å²) < 4.78 is 0. The SMILES string of the molecule is Cc1ccc2c(c1)CC=C2C1=C(C2=CCc3cc(C)ccc32)C(=O)CC1=O. The second kappa shape index (κ2) is 5.75. The number of ketones is 2. The fourth-order valence-corrected chi connectivity index (χ4v) is 4.60. The van der Waals surface area contributed by atoms with Crippen LogP contribution in [0.15, 0.2) is 59.7 Å². The van der Waals surface area contributed by atoms with Gasteiger partial charge in [0.15, 0.2) is 11.6 Å². The molecule has 27 heavy (non-hydrogen) atoms. The highest BCUT2D eigenvalue weighted by molar-refractivity contribution is 6.34. The second-order valence-electron chi connectivity index (χ2n) is 7.74. The summed E-state index contributed by atoms with van der Waals surface area (Å²) in [4.78, 5) is 25.7. The van der Waals surface area contributed by atoms with Gasteiger partial charge in [-0.1, -0.05) is 59.7 Å². The molecule has 0 saturated heterocycles. The van der Waals surface area contributed by atoms with E-state index < -0.39 is 0 Å². The topological polar surface area (TPSA) is 34.1 Å². The van der Waals surface area contributed by atoms with Crippen molar-refractivity contribution in [2.75, 3.05) is 0 Å². The predicted octanol–water partition coefficient (Wildman–Crippen LogP) is 4.72. The lowest BCUT2D eigenvalue weighted by Crippen LogP contribution is -2.01. The molecular formula is C25H20O2. The van der Waals surface area contributed by atoms with Crippen molar-refractivity contribution < 1.29 is 9.59 Å². The smallest absolute Gasteiger partial charge is 0.171 e. The first-order chi connectivity index (χ1) is 13.0. The van der Waals surface area contributed by atoms with E-state index in [1.807, 2.05) is 0 Å². The van der Waals surface area contributed by atoms with Gasteiger partial charge in [-0.25, -0.2) is 0 Å². The van der Waals surface area contributed by atoms with Gasteiger partial charge in [-0.3, -0.25) is 9.59 Å². The third-order valence-corrected chi connectivity index (χ3v) is 5.82. The van der Waals surface area contributed by atoms with Gasteiger partial charge in [0.2, 0.25) is 0 Å². The van der Waals surface area contributed by atoms with Crippen LogP contribution < -0.4 is 0 Å². The number of carbonyl (C=O) groups is 2. The standard InChI is InChI=1S/C25H20O2/c1-14-3-7-18-16(11-14)5-9-20(18)24-22(26)13-23(27)25(24)21-10-6-17-12-15(2)4-8-19(17)21/h3-4,7-12H,5-6,13H2,1-2H3. The average Bonchev–Trinajstić information content (AvgIpc) is 3.29. The molecule has 2 heteroatoms. The van der Waals surface area contributed by atoms with E-state index in [2.05, 4.69) is 62.4 Å². The number of allylic oxidation sites excluding steroid dienone is 6. The van der Waals surface area contributed by atoms with E-state index in [9.17, 15) is 9.59 Å². The maximum absolute atomic E-state index is 12.8. The van der Waals surface area contributed by atoms with E-state index in [-0.39, 0.29) is 18.0 Å². The van der Waals surface area contributed by atoms with E-state index in [1.165, 1.54) is 22.3 Å². The van der Waals surface area contributed by atoms with Crippen molar-refractivity contribution in [2.24, 2.45) is 0 Å². The lowest BCUT2D eigenvalue weighted by atomic mass is 9.90. The molecule has 0 spiro atoms. The Hall–Kier alpha value is -3.00. The number of rotatable bonds is 2. The Kier molecular flexibility index (Phi) is 3.45. The minimum atomic E-state index is -0.0452. The van der Waals surface area contributed by atoms with Crippen LogP contribution in [0.5, 0.6) is 0 Å². The number of carbonyl (C=O) groups excluding carboxylic acids is 2. The molecule has 0 aliphatic heterocycles. The Morgan fingerprint density at radius 3 is 1.56 bits per heavy atom. The Morgan fingerprint density at radius 1 is 0.667 bits per heavy atom. The quantitative estimate of drug-likeness (QED) is 0.733. The van der Waals surface area contributed by atoms with E-state index in [4.69, 9.17) is 0 Å². The molecule has 0 unspecified atom stereocenters. The van der Waals surface area contributed by atoms with Crippen molar-refractivity contribution in [3.63, 3.8) is 0 Å². The summed E-state index contributed by atoms with van der Waals surface area (Å²) in [7, 11) is 0. The Bertz CT molecular complexity index is 1050. The fourth-order valence-electron chi connectivity index (χ4n) is 4.60. The Morgan fingerprint density at radius 2 is 1.11 bits per heavy atom. The number of Topliss-reactive ketones (excluding diaryl/α,β-unsaturated/α-hetero) is 2. The number of fused-ring (bicyclic) bond motifs is 2. The maximum Gasteiger partial charge on any atom is 0.171 e. The zero-order chi connectivity index (χ0) is 18.7. The van der Waals surface area contributed by atoms with E-state index in [1.54, 1.807) is 0 Å². The van der Waals surface area contributed by atoms with Crippen molar-refractivity contribution in [3.05, 3.63) is 93.1 Å². The monoisotopic (exact) mass is 352 g/mol. The molecule has 0 saturated carbocycles. The molecule has 0 atom stereocenters. The molecule has 2 aromatic rings. The highest BCUT2D eigenvalue weighted by atomic mass is 16.2. The lowest BCUT2D eigenvalue weighted by molar-refractivity contribution is -0.120. The molecule has 0 aromatic heterocycles. The normalized spacial score (nSPS) is 18.0. The number of aryl methyl sites for hydroxylation is 2. The predicted molar refractivity (Wildman–Crippen MR) is 107 cm³/mol. The summed E-state index contributed by atoms with van der Waals surface area (Å²) >= 11 is 0. The molecule has 3 aliphatic carbocycles. The summed E-state index contributed by atoms with van der Waals surface area (Å²) in [6.07, 6.45) is 5.85. The minimum Gasteiger partial charge on any atom is -0.294 e. The second-order valence-corrected chi connectivity index (χ2v) is 7.74. The third-order valence-electron chi connectivity index (χ3n) is 5.82. The summed E-state index contributed by atoms with van der Waals surface area (Å²) in [5.74, 6) is -0.0905. The van der Waals surface area contributed by atoms with Gasteiger partial charge in [-0.15, -0.1) is 0 Å². The van der Waals surface area contributed by atoms with Crippen molar-refractivity contribution >= 4 is 22.7 Å². The molecule has 0 bridgehead atoms. The number of benzene rings is 2. The third kappa shape index (κ3) is 2.40. The van der Waals surface area contributed by atoms with E-state index >= 15 is 0 Å². The highest BCUT2D eigenvalue weighted by Gasteiger charge is 2.37. The first-order valence-electron chi connectivity index (χ1n) is 9.44. The van der Waals surface area contributed by atoms with Gasteiger partial charge in [0.05, 0.1) is 6.42 Å². The first-order valence-corrected chi connectivity index (χ1v) is 9.44. The van der Waals surface area contributed by atoms with Crippen LogP contribution in [0.4, 0.5) is 0 Å². The van der Waals surface area contributed by atoms with Crippen LogP contribution in [0, 0.1) is 13.8 Å². The summed E-state index contributed by atoms with van der Waals surface area (Å²) in [5, 5.41) is 0. The van der Waals surface area contributed by atoms with Crippen LogP contribution in [0.1, 0.15) is 39.8 Å². The Balaban J connectivity index is 1.69. The molecule has 0 radical (unpaired) electrons. The zero-order valence-electron chi connectivity index (χ0n) is 15.6. The molecule has 3 aliphatic rings. The zero-order valence-corrected chi connectivity index (χ0v) is 15.6. The molecule has 0 fully saturated rings. The Labute approximate surface area is 158 Å². The molecule has 2 nitrogen and oxygen atoms in total. The van der Waals surface area contributed by atoms with Crippen molar-refractivity contribution in [2.45, 2.75) is 33.1 Å². The van der Waals surface area contributed by atoms with Gasteiger partial charge >= 0.3 is 0 Å². The van der Waals surface area contributed by atoms with Gasteiger partial charge in [0, 0.05) is 11.1 Å². The van der Waals surface area contributed by atoms with Crippen LogP contribution in [0.25, 0.3) is 11.1 Å². The minimum absolute atomic E-state index is 0.0122. The summed E-state index contributed by atoms with van der Waals surface area (Å²) in [6, 6.07) is 12.7. The molecule has 0 heterocycles. The average molecular weight is 352 g/mol. The highest BCUT2D eigenvalue weighted by Crippen LogP contribution is 2.44. The van der Waals surface area contributed by atoms with Gasteiger partial charge in [-0.05, 0) is 60.1 Å².